The lowest BCUT2D eigenvalue weighted by Crippen LogP contribution is -2.06. The van der Waals surface area contributed by atoms with E-state index in [0.717, 1.165) is 56.4 Å². The molecule has 9 rings (SSSR count). The Labute approximate surface area is 629 Å². The Balaban J connectivity index is 0.000000390. The molecule has 8 aromatic carbocycles. The minimum Gasteiger partial charge on any atom is -0.398 e. The van der Waals surface area contributed by atoms with Crippen molar-refractivity contribution in [2.24, 2.45) is 7.05 Å². The van der Waals surface area contributed by atoms with Crippen molar-refractivity contribution < 1.29 is 59.5 Å². The van der Waals surface area contributed by atoms with Gasteiger partial charge < -0.3 is 22.9 Å². The zero-order chi connectivity index (χ0) is 77.0. The van der Waals surface area contributed by atoms with Crippen molar-refractivity contribution in [1.29, 1.82) is 0 Å². The fourth-order valence-corrected chi connectivity index (χ4v) is 12.5. The second-order valence-corrected chi connectivity index (χ2v) is 27.7. The molecular weight excluding hydrogens is 1780 g/mol. The summed E-state index contributed by atoms with van der Waals surface area (Å²) in [4.78, 5) is 51.3. The second kappa shape index (κ2) is 40.4. The van der Waals surface area contributed by atoms with Crippen LogP contribution in [0.5, 0.6) is 0 Å². The summed E-state index contributed by atoms with van der Waals surface area (Å²) >= 11 is 21.1. The van der Waals surface area contributed by atoms with Gasteiger partial charge in [0.2, 0.25) is 17.5 Å². The van der Waals surface area contributed by atoms with Crippen molar-refractivity contribution in [3.05, 3.63) is 248 Å². The first-order valence-electron chi connectivity index (χ1n) is 28.9. The van der Waals surface area contributed by atoms with Crippen LogP contribution in [0.3, 0.4) is 0 Å². The summed E-state index contributed by atoms with van der Waals surface area (Å²) < 4.78 is 108. The Morgan fingerprint density at radius 1 is 0.440 bits per heavy atom. The molecule has 0 unspecified atom stereocenters. The van der Waals surface area contributed by atoms with Crippen LogP contribution in [-0.2, 0) is 42.3 Å². The summed E-state index contributed by atoms with van der Waals surface area (Å²) in [6.45, 7) is 20.8. The highest BCUT2D eigenvalue weighted by Crippen LogP contribution is 2.36. The number of hydrogen-bond acceptors (Lipinski definition) is 14. The van der Waals surface area contributed by atoms with Gasteiger partial charge in [0.1, 0.15) is 40.2 Å². The summed E-state index contributed by atoms with van der Waals surface area (Å²) in [7, 11) is 1.75. The molecule has 538 valence electrons. The minimum atomic E-state index is -0.938. The molecular formula is C67H67Br7F8N10O8. The minimum absolute atomic E-state index is 0.0315. The highest BCUT2D eigenvalue weighted by Gasteiger charge is 2.27. The number of aromatic nitrogens is 3. The maximum Gasteiger partial charge on any atom is 0.328 e. The average molecular weight is 1850 g/mol. The SMILES string of the molecule is CC(=O)Cc1c(C)cc(Br)c(F)c1[N+](=O)[O-].CC(=O)Cc1cc(F)c(Br)cc1C.CCc1c(C)cc(Br)c(F)c1N.CCc1c(C)cc(Br)c(F)c1[N+](=O)[O-].Cc1cc(Br)c(F)c([N+](=O)[O-])c1N.Cc1cc(Br)c(F)c2nnn(C)c12.Cc1cc(Br)c(F)cc1N.Cc1ccc(F)cc1N. The van der Waals surface area contributed by atoms with Gasteiger partial charge in [0.15, 0.2) is 11.6 Å². The molecule has 0 fully saturated rings. The van der Waals surface area contributed by atoms with Gasteiger partial charge >= 0.3 is 17.1 Å². The average Bonchev–Trinajstić information content (AvgIpc) is 1.42. The molecule has 9 aromatic rings. The number of ketones is 2. The summed E-state index contributed by atoms with van der Waals surface area (Å²) in [6, 6.07) is 18.3. The number of aryl methyl sites for hydroxylation is 9. The van der Waals surface area contributed by atoms with Gasteiger partial charge in [0.25, 0.3) is 0 Å². The number of nitro benzene ring substituents is 3. The lowest BCUT2D eigenvalue weighted by Gasteiger charge is -2.09. The molecule has 0 aliphatic heterocycles. The van der Waals surface area contributed by atoms with E-state index in [9.17, 15) is 75.1 Å². The molecule has 0 bridgehead atoms. The molecule has 0 atom stereocenters. The van der Waals surface area contributed by atoms with Gasteiger partial charge in [0.05, 0.1) is 57.3 Å². The van der Waals surface area contributed by atoms with Crippen LogP contribution in [0.25, 0.3) is 11.0 Å². The number of benzene rings is 8. The van der Waals surface area contributed by atoms with E-state index < -0.39 is 49.3 Å². The predicted molar refractivity (Wildman–Crippen MR) is 400 cm³/mol. The number of fused-ring (bicyclic) bond motifs is 1. The first-order chi connectivity index (χ1) is 46.3. The number of Topliss-reactive ketones (excluding diaryl/α,β-unsaturated/α-hetero) is 2. The molecule has 0 saturated heterocycles. The zero-order valence-corrected chi connectivity index (χ0v) is 66.8. The van der Waals surface area contributed by atoms with Gasteiger partial charge in [-0.1, -0.05) is 25.1 Å². The molecule has 8 N–H and O–H groups in total. The van der Waals surface area contributed by atoms with Crippen molar-refractivity contribution in [2.45, 2.75) is 109 Å². The maximum atomic E-state index is 13.5. The predicted octanol–water partition coefficient (Wildman–Crippen LogP) is 21.1. The van der Waals surface area contributed by atoms with Crippen LogP contribution >= 0.6 is 112 Å². The molecule has 0 saturated carbocycles. The van der Waals surface area contributed by atoms with Crippen LogP contribution in [0.15, 0.2) is 104 Å². The first-order valence-corrected chi connectivity index (χ1v) is 34.5. The quantitative estimate of drug-likeness (QED) is 0.0452. The molecule has 100 heavy (non-hydrogen) atoms. The van der Waals surface area contributed by atoms with Crippen LogP contribution < -0.4 is 22.9 Å². The van der Waals surface area contributed by atoms with E-state index >= 15 is 0 Å². The number of nitrogens with two attached hydrogens (primary N) is 4. The Morgan fingerprint density at radius 3 is 1.26 bits per heavy atom. The van der Waals surface area contributed by atoms with E-state index in [0.29, 0.717) is 64.3 Å². The summed E-state index contributed by atoms with van der Waals surface area (Å²) in [6.07, 6.45) is 1.39. The van der Waals surface area contributed by atoms with Crippen LogP contribution in [0.1, 0.15) is 94.5 Å². The van der Waals surface area contributed by atoms with Crippen molar-refractivity contribution in [3.63, 3.8) is 0 Å². The van der Waals surface area contributed by atoms with Crippen molar-refractivity contribution in [3.8, 4) is 0 Å². The molecule has 1 aromatic heterocycles. The van der Waals surface area contributed by atoms with E-state index in [-0.39, 0.29) is 77.4 Å². The molecule has 1 heterocycles. The van der Waals surface area contributed by atoms with E-state index in [1.54, 1.807) is 75.8 Å². The molecule has 33 heteroatoms. The summed E-state index contributed by atoms with van der Waals surface area (Å²) in [5, 5.41) is 39.3. The molecule has 0 spiro atoms. The lowest BCUT2D eigenvalue weighted by atomic mass is 10.0. The summed E-state index contributed by atoms with van der Waals surface area (Å²) in [5.74, 6) is -4.48. The standard InChI is InChI=1S/C10H9BrFNO3.C10H10BrFO.C9H9BrFNO2.C9H11BrFN.C8H7BrFN3.C7H6BrFN2O2.C7H7BrFN.C7H8FN/c1-5-3-8(11)9(12)10(13(15)16)7(5)4-6(2)14;1-6-3-9(11)10(12)5-8(6)4-7(2)13;1-3-6-5(2)4-7(10)8(11)9(6)12(13)14;1-3-6-5(2)4-7(10)8(11)9(6)12;1-4-3-5(9)6(10)7-8(4)13(2)12-11-7;1-3-2-4(8)5(9)7(6(3)10)11(12)13;1-4-2-5(8)6(9)3-7(4)10;1-5-2-3-6(8)4-7(5)9/h3H,4H2,1-2H3;3,5H,4H2,1-2H3;4H,3H2,1-2H3;4H,3,12H2,1-2H3;3H,1-2H3;2H,10H2,1H3;2-3H,10H2,1H3;2-4H,9H2,1H3. The van der Waals surface area contributed by atoms with Crippen LogP contribution in [-0.4, -0.2) is 41.3 Å². The zero-order valence-electron chi connectivity index (χ0n) is 55.7. The van der Waals surface area contributed by atoms with Crippen LogP contribution in [0, 0.1) is 132 Å². The number of carbonyl (C=O) groups is 2. The highest BCUT2D eigenvalue weighted by molar-refractivity contribution is 9.11. The maximum absolute atomic E-state index is 13.5. The van der Waals surface area contributed by atoms with Gasteiger partial charge in [0, 0.05) is 42.4 Å². The van der Waals surface area contributed by atoms with Crippen molar-refractivity contribution in [1.82, 2.24) is 15.0 Å². The molecule has 18 nitrogen and oxygen atoms in total. The number of anilines is 4. The number of carbonyl (C=O) groups excluding carboxylic acids is 2. The third-order valence-corrected chi connectivity index (χ3v) is 18.2. The van der Waals surface area contributed by atoms with Crippen molar-refractivity contribution >= 4 is 174 Å². The fraction of sp³-hybridized carbons (Fsp3) is 0.254. The topological polar surface area (TPSA) is 298 Å². The number of nitrogen functional groups attached to an aromatic ring is 4. The number of nitro groups is 3. The third-order valence-electron chi connectivity index (χ3n) is 14.1. The largest absolute Gasteiger partial charge is 0.398 e. The number of rotatable bonds is 9. The normalized spacial score (nSPS) is 10.2. The number of hydrogen-bond donors (Lipinski definition) is 4. The van der Waals surface area contributed by atoms with Gasteiger partial charge in [-0.05, 0) is 316 Å². The molecule has 0 amide bonds. The molecule has 0 aliphatic carbocycles. The smallest absolute Gasteiger partial charge is 0.328 e. The van der Waals surface area contributed by atoms with Gasteiger partial charge in [-0.15, -0.1) is 5.10 Å². The molecule has 0 radical (unpaired) electrons. The van der Waals surface area contributed by atoms with E-state index in [1.165, 1.54) is 50.2 Å². The first kappa shape index (κ1) is 88.8. The van der Waals surface area contributed by atoms with Crippen LogP contribution in [0.2, 0.25) is 0 Å². The lowest BCUT2D eigenvalue weighted by molar-refractivity contribution is -0.388. The van der Waals surface area contributed by atoms with E-state index in [2.05, 4.69) is 122 Å². The monoisotopic (exact) mass is 1840 g/mol. The summed E-state index contributed by atoms with van der Waals surface area (Å²) in [5.41, 5.74) is 30.9. The van der Waals surface area contributed by atoms with Gasteiger partial charge in [-0.2, -0.15) is 13.2 Å². The van der Waals surface area contributed by atoms with Gasteiger partial charge in [-0.3, -0.25) is 39.9 Å². The Morgan fingerprint density at radius 2 is 0.820 bits per heavy atom. The van der Waals surface area contributed by atoms with E-state index in [4.69, 9.17) is 22.9 Å². The Hall–Kier alpha value is -7.30. The van der Waals surface area contributed by atoms with Gasteiger partial charge in [-0.25, -0.2) is 26.6 Å². The third kappa shape index (κ3) is 25.0. The highest BCUT2D eigenvalue weighted by atomic mass is 79.9. The molecule has 0 aliphatic rings. The van der Waals surface area contributed by atoms with Crippen molar-refractivity contribution in [2.75, 3.05) is 22.9 Å². The Bertz CT molecular complexity index is 4480. The number of halogens is 15. The Kier molecular flexibility index (Phi) is 35.8. The van der Waals surface area contributed by atoms with E-state index in [1.807, 2.05) is 41.5 Å². The fourth-order valence-electron chi connectivity index (χ4n) is 8.86. The van der Waals surface area contributed by atoms with Crippen LogP contribution in [0.4, 0.5) is 74.9 Å². The second-order valence-electron chi connectivity index (χ2n) is 21.7. The number of nitrogens with zero attached hydrogens (tertiary/aromatic N) is 6.